The Hall–Kier alpha value is 0.691. The second-order valence-electron chi connectivity index (χ2n) is 1.40. The Bertz CT molecular complexity index is 170. The van der Waals surface area contributed by atoms with Crippen molar-refractivity contribution in [3.63, 3.8) is 0 Å². The minimum atomic E-state index is -1.75. The third kappa shape index (κ3) is 108. The van der Waals surface area contributed by atoms with Crippen molar-refractivity contribution >= 4 is 50.0 Å². The number of carbonyl (C=O) groups excluding carboxylic acids is 1. The van der Waals surface area contributed by atoms with Crippen molar-refractivity contribution in [1.82, 2.24) is 0 Å². The van der Waals surface area contributed by atoms with E-state index in [2.05, 4.69) is 6.58 Å². The molecule has 11 heteroatoms. The van der Waals surface area contributed by atoms with Gasteiger partial charge in [-0.1, -0.05) is 0 Å². The van der Waals surface area contributed by atoms with E-state index in [1.165, 1.54) is 0 Å². The number of hydrogen-bond acceptors (Lipinski definition) is 7. The molecule has 0 atom stereocenters. The maximum atomic E-state index is 10.1. The van der Waals surface area contributed by atoms with Crippen LogP contribution in [-0.4, -0.2) is 50.0 Å². The molecule has 15 heavy (non-hydrogen) atoms. The Labute approximate surface area is 121 Å². The Morgan fingerprint density at radius 1 is 1.07 bits per heavy atom. The summed E-state index contributed by atoms with van der Waals surface area (Å²) in [6, 6.07) is 0. The Morgan fingerprint density at radius 2 is 1.13 bits per heavy atom. The molecule has 76 valence electrons. The quantitative estimate of drug-likeness (QED) is 0.348. The zero-order valence-electron chi connectivity index (χ0n) is 7.80. The molecule has 0 amide bonds. The van der Waals surface area contributed by atoms with Crippen molar-refractivity contribution < 1.29 is 53.4 Å². The summed E-state index contributed by atoms with van der Waals surface area (Å²) >= 11 is -4.32. The van der Waals surface area contributed by atoms with Crippen molar-refractivity contribution in [2.24, 2.45) is 0 Å². The molecule has 0 aliphatic heterocycles. The van der Waals surface area contributed by atoms with Crippen LogP contribution in [0.5, 0.6) is 0 Å². The van der Waals surface area contributed by atoms with Crippen molar-refractivity contribution in [3.8, 4) is 0 Å². The zero-order chi connectivity index (χ0) is 13.3. The summed E-state index contributed by atoms with van der Waals surface area (Å²) in [4.78, 5) is 10.1. The summed E-state index contributed by atoms with van der Waals surface area (Å²) in [6.07, 6.45) is 0. The van der Waals surface area contributed by atoms with E-state index in [1.54, 1.807) is 6.92 Å². The molecule has 0 rings (SSSR count). The fourth-order valence-electron chi connectivity index (χ4n) is 0. The molecule has 0 aromatic carbocycles. The van der Waals surface area contributed by atoms with Crippen molar-refractivity contribution in [2.75, 3.05) is 0 Å². The first-order valence-electron chi connectivity index (χ1n) is 2.97. The van der Waals surface area contributed by atoms with Gasteiger partial charge in [-0.2, -0.15) is 0 Å². The van der Waals surface area contributed by atoms with Gasteiger partial charge in [0.1, 0.15) is 0 Å². The summed E-state index contributed by atoms with van der Waals surface area (Å²) in [5.74, 6) is 0. The molecule has 0 saturated carbocycles. The summed E-state index contributed by atoms with van der Waals surface area (Å²) < 4.78 is 50.9. The first-order valence-corrected chi connectivity index (χ1v) is 7.03. The average molecular weight is 337 g/mol. The first kappa shape index (κ1) is 24.8. The third-order valence-electron chi connectivity index (χ3n) is 0.388. The number of carbonyl (C=O) groups is 1. The Balaban J connectivity index is -0.0000000581. The Kier molecular flexibility index (Phi) is 48.4. The van der Waals surface area contributed by atoms with Crippen LogP contribution in [0, 0.1) is 0 Å². The van der Waals surface area contributed by atoms with Crippen LogP contribution in [0.4, 0.5) is 0 Å². The summed E-state index contributed by atoms with van der Waals surface area (Å²) in [7, 11) is 0. The van der Waals surface area contributed by atoms with Crippen LogP contribution in [0.15, 0.2) is 12.2 Å². The van der Waals surface area contributed by atoms with Gasteiger partial charge in [0, 0.05) is 0 Å². The Morgan fingerprint density at radius 3 is 1.13 bits per heavy atom. The van der Waals surface area contributed by atoms with Crippen molar-refractivity contribution in [1.29, 1.82) is 0 Å². The van der Waals surface area contributed by atoms with E-state index in [9.17, 15) is 4.79 Å². The van der Waals surface area contributed by atoms with Crippen LogP contribution >= 0.6 is 0 Å². The van der Waals surface area contributed by atoms with Crippen LogP contribution in [0.25, 0.3) is 0 Å². The molecule has 0 spiro atoms. The van der Waals surface area contributed by atoms with Crippen LogP contribution in [0.3, 0.4) is 0 Å². The van der Waals surface area contributed by atoms with Gasteiger partial charge < -0.3 is 0 Å². The molecule has 0 bridgehead atoms. The van der Waals surface area contributed by atoms with Gasteiger partial charge in [0.2, 0.25) is 0 Å². The minimum absolute atomic E-state index is 0.155. The molecule has 0 aliphatic carbocycles. The molecule has 0 aromatic rings. The molecule has 0 fully saturated rings. The monoisotopic (exact) mass is 336 g/mol. The summed E-state index contributed by atoms with van der Waals surface area (Å²) in [6.45, 7) is 5.15. The van der Waals surface area contributed by atoms with E-state index in [1.807, 2.05) is 0 Å². The van der Waals surface area contributed by atoms with Gasteiger partial charge in [-0.25, -0.2) is 0 Å². The van der Waals surface area contributed by atoms with Gasteiger partial charge in [0.05, 0.1) is 0 Å². The van der Waals surface area contributed by atoms with Gasteiger partial charge in [0.25, 0.3) is 0 Å². The van der Waals surface area contributed by atoms with E-state index < -0.39 is 46.5 Å². The average Bonchev–Trinajstić information content (AvgIpc) is 2.07. The number of hydrogen-bond donors (Lipinski definition) is 0. The van der Waals surface area contributed by atoms with Crippen LogP contribution in [0.2, 0.25) is 0 Å². The predicted molar refractivity (Wildman–Crippen MR) is 39.1 cm³/mol. The second-order valence-corrected chi connectivity index (χ2v) is 3.09. The van der Waals surface area contributed by atoms with E-state index >= 15 is 0 Å². The number of rotatable bonds is 1. The topological polar surface area (TPSA) is 137 Å². The SMILES string of the molecule is C=C(C)[C](=O)[Zr+3].[O]=[Al][O-].[O]=[Al][O-].[O]=[Al][O-]. The fraction of sp³-hybridized carbons (Fsp3) is 0.250. The molecule has 0 N–H and O–H groups in total. The van der Waals surface area contributed by atoms with Crippen LogP contribution in [0.1, 0.15) is 6.92 Å². The standard InChI is InChI=1S/C4H5O.3Al.6O.Zr/c1-4(2)3-5;;;;;;;;;;/h1H2,2H3;;;;;;;;;;/q;;;;;;;3*-1;+3. The molecular weight excluding hydrogens is 332 g/mol. The zero-order valence-corrected chi connectivity index (χ0v) is 13.7. The molecule has 0 unspecified atom stereocenters. The molecule has 0 saturated heterocycles. The number of allylic oxidation sites excluding steroid dienone is 1. The maximum absolute atomic E-state index is 10.1. The summed E-state index contributed by atoms with van der Waals surface area (Å²) in [5.41, 5.74) is 0.660. The normalized spacial score (nSPS) is 4.73. The van der Waals surface area contributed by atoms with E-state index in [0.717, 1.165) is 24.7 Å². The molecule has 0 aliphatic rings. The van der Waals surface area contributed by atoms with E-state index in [4.69, 9.17) is 23.9 Å². The molecule has 7 nitrogen and oxygen atoms in total. The van der Waals surface area contributed by atoms with Gasteiger partial charge in [-0.15, -0.1) is 0 Å². The van der Waals surface area contributed by atoms with Gasteiger partial charge >= 0.3 is 122 Å². The van der Waals surface area contributed by atoms with Gasteiger partial charge in [-0.05, 0) is 0 Å². The molecular formula is C4H5Al3O7Zr. The van der Waals surface area contributed by atoms with Crippen molar-refractivity contribution in [2.45, 2.75) is 6.92 Å². The van der Waals surface area contributed by atoms with E-state index in [0.29, 0.717) is 5.57 Å². The van der Waals surface area contributed by atoms with Gasteiger partial charge in [0.15, 0.2) is 0 Å². The van der Waals surface area contributed by atoms with Crippen LogP contribution < -0.4 is 12.5 Å². The van der Waals surface area contributed by atoms with E-state index in [-0.39, 0.29) is 3.49 Å². The molecule has 0 heterocycles. The van der Waals surface area contributed by atoms with Gasteiger partial charge in [-0.3, -0.25) is 0 Å². The predicted octanol–water partition coefficient (Wildman–Crippen LogP) is -4.43. The van der Waals surface area contributed by atoms with Crippen molar-refractivity contribution in [3.05, 3.63) is 12.2 Å². The molecule has 0 radical (unpaired) electrons. The fourth-order valence-corrected chi connectivity index (χ4v) is 0. The first-order chi connectivity index (χ1) is 6.89. The molecule has 0 aromatic heterocycles. The second kappa shape index (κ2) is 29.3. The van der Waals surface area contributed by atoms with Crippen LogP contribution in [-0.2, 0) is 40.9 Å². The third-order valence-corrected chi connectivity index (χ3v) is 1.44. The summed E-state index contributed by atoms with van der Waals surface area (Å²) in [5, 5.41) is 0.